The number of aromatic nitrogens is 6. The molecular formula is C55H61N13O9. The first-order valence-electron chi connectivity index (χ1n) is 26.3. The third-order valence-corrected chi connectivity index (χ3v) is 17.0. The molecule has 4 aromatic heterocycles. The van der Waals surface area contributed by atoms with Crippen LogP contribution in [0.4, 0.5) is 11.4 Å². The zero-order valence-corrected chi connectivity index (χ0v) is 43.0. The number of anilines is 2. The summed E-state index contributed by atoms with van der Waals surface area (Å²) in [6.07, 6.45) is 15.3. The first kappa shape index (κ1) is 50.7. The van der Waals surface area contributed by atoms with Crippen LogP contribution in [0.25, 0.3) is 11.3 Å². The summed E-state index contributed by atoms with van der Waals surface area (Å²) in [7, 11) is 1.69. The summed E-state index contributed by atoms with van der Waals surface area (Å²) in [5.74, 6) is -0.613. The van der Waals surface area contributed by atoms with Gasteiger partial charge in [-0.25, -0.2) is 19.0 Å². The Morgan fingerprint density at radius 2 is 0.987 bits per heavy atom. The minimum atomic E-state index is -0.445. The normalized spacial score (nSPS) is 23.6. The van der Waals surface area contributed by atoms with Crippen molar-refractivity contribution >= 4 is 64.0 Å². The van der Waals surface area contributed by atoms with E-state index in [2.05, 4.69) is 64.3 Å². The van der Waals surface area contributed by atoms with Gasteiger partial charge in [0.05, 0.1) is 23.8 Å². The smallest absolute Gasteiger partial charge is 0.270 e. The van der Waals surface area contributed by atoms with Crippen molar-refractivity contribution < 1.29 is 43.0 Å². The summed E-state index contributed by atoms with van der Waals surface area (Å²) < 4.78 is 13.6. The van der Waals surface area contributed by atoms with E-state index in [-0.39, 0.29) is 94.9 Å². The molecule has 0 radical (unpaired) electrons. The number of rotatable bonds is 13. The second-order valence-corrected chi connectivity index (χ2v) is 22.0. The Morgan fingerprint density at radius 3 is 1.42 bits per heavy atom. The maximum absolute atomic E-state index is 13.4. The third-order valence-electron chi connectivity index (χ3n) is 17.0. The molecule has 0 atom stereocenters. The highest BCUT2D eigenvalue weighted by molar-refractivity contribution is 6.00. The fourth-order valence-corrected chi connectivity index (χ4v) is 12.0. The Hall–Kier alpha value is -8.43. The Kier molecular flexibility index (Phi) is 13.3. The number of amides is 7. The van der Waals surface area contributed by atoms with Gasteiger partial charge in [0, 0.05) is 62.9 Å². The van der Waals surface area contributed by atoms with Crippen molar-refractivity contribution in [2.24, 2.45) is 21.7 Å². The van der Waals surface area contributed by atoms with Gasteiger partial charge in [-0.3, -0.25) is 33.6 Å². The first-order valence-corrected chi connectivity index (χ1v) is 26.3. The highest BCUT2D eigenvalue weighted by atomic mass is 16.5. The second kappa shape index (κ2) is 20.3. The maximum atomic E-state index is 13.4. The molecule has 6 saturated carbocycles. The van der Waals surface area contributed by atoms with Crippen LogP contribution in [0.5, 0.6) is 11.5 Å². The molecule has 6 heterocycles. The Morgan fingerprint density at radius 1 is 0.558 bits per heavy atom. The van der Waals surface area contributed by atoms with E-state index in [0.717, 1.165) is 68.9 Å². The third kappa shape index (κ3) is 10.3. The number of nitrogens with zero attached hydrogens (tertiary/aromatic N) is 6. The van der Waals surface area contributed by atoms with E-state index >= 15 is 0 Å². The number of hydrogen-bond donors (Lipinski definition) is 7. The van der Waals surface area contributed by atoms with Gasteiger partial charge in [0.15, 0.2) is 24.5 Å². The molecule has 77 heavy (non-hydrogen) atoms. The van der Waals surface area contributed by atoms with E-state index in [1.54, 1.807) is 55.7 Å². The molecule has 0 spiro atoms. The Balaban J connectivity index is 0.000000164. The molecule has 14 rings (SSSR count). The second-order valence-electron chi connectivity index (χ2n) is 22.0. The topological polar surface area (TPSA) is 283 Å². The van der Waals surface area contributed by atoms with Gasteiger partial charge in [0.25, 0.3) is 35.4 Å². The van der Waals surface area contributed by atoms with Crippen molar-refractivity contribution in [2.75, 3.05) is 44.0 Å². The van der Waals surface area contributed by atoms with Crippen LogP contribution in [0.15, 0.2) is 73.1 Å². The minimum absolute atomic E-state index is 0.0117. The van der Waals surface area contributed by atoms with Crippen molar-refractivity contribution in [3.63, 3.8) is 0 Å². The van der Waals surface area contributed by atoms with E-state index in [1.807, 2.05) is 6.07 Å². The van der Waals surface area contributed by atoms with E-state index in [4.69, 9.17) is 9.47 Å². The molecule has 2 aliphatic heterocycles. The maximum Gasteiger partial charge on any atom is 0.270 e. The number of benzene rings is 2. The molecule has 22 heteroatoms. The molecule has 7 amide bonds. The monoisotopic (exact) mass is 1050 g/mol. The summed E-state index contributed by atoms with van der Waals surface area (Å²) in [5.41, 5.74) is 4.56. The van der Waals surface area contributed by atoms with Crippen LogP contribution in [0, 0.1) is 21.7 Å². The van der Waals surface area contributed by atoms with E-state index in [0.29, 0.717) is 52.7 Å². The molecule has 7 N–H and O–H groups in total. The van der Waals surface area contributed by atoms with E-state index in [1.165, 1.54) is 46.6 Å². The van der Waals surface area contributed by atoms with Crippen LogP contribution in [0.1, 0.15) is 137 Å². The summed E-state index contributed by atoms with van der Waals surface area (Å²) in [4.78, 5) is 97.1. The molecule has 0 saturated heterocycles. The van der Waals surface area contributed by atoms with Gasteiger partial charge < -0.3 is 46.7 Å². The van der Waals surface area contributed by atoms with Crippen LogP contribution < -0.4 is 46.7 Å². The molecule has 6 aromatic rings. The van der Waals surface area contributed by atoms with Gasteiger partial charge >= 0.3 is 0 Å². The molecule has 6 aliphatic carbocycles. The Labute approximate surface area is 442 Å². The summed E-state index contributed by atoms with van der Waals surface area (Å²) in [6.45, 7) is 3.88. The summed E-state index contributed by atoms with van der Waals surface area (Å²) in [5, 5.41) is 28.7. The predicted octanol–water partition coefficient (Wildman–Crippen LogP) is 4.89. The lowest BCUT2D eigenvalue weighted by molar-refractivity contribution is -0.139. The number of carbonyl (C=O) groups is 7. The predicted molar refractivity (Wildman–Crippen MR) is 279 cm³/mol. The van der Waals surface area contributed by atoms with Gasteiger partial charge in [-0.2, -0.15) is 10.2 Å². The van der Waals surface area contributed by atoms with Crippen LogP contribution in [0.2, 0.25) is 0 Å². The molecule has 6 fully saturated rings. The molecule has 8 aliphatic rings. The highest BCUT2D eigenvalue weighted by Crippen LogP contribution is 2.57. The molecule has 0 unspecified atom stereocenters. The van der Waals surface area contributed by atoms with Gasteiger partial charge in [-0.1, -0.05) is 19.1 Å². The van der Waals surface area contributed by atoms with Gasteiger partial charge in [0.2, 0.25) is 5.91 Å². The minimum Gasteiger partial charge on any atom is -0.482 e. The standard InChI is InChI=1S/C28H31N7O5.C27H30N6O4/c1-29-26(39)28-8-5-27(6-9-28,7-10-28)16-31-25(38)20-13-19(33-22-4-11-32-35(20)22)24(37)30-14-17-2-3-21-18(12-17)34-23(36)15-40-21;1-26-5-8-27(9-6-26,10-7-26)16-29-25(36)20-13-19(31-22-4-11-30-33(20)22)24(35)28-14-17-2-3-21-18(12-17)32-23(34)15-37-21/h2-4,11-13H,5-10,14-16H2,1H3,(H,29,39)(H,30,37)(H,31,38)(H,34,36);2-4,11-13H,5-10,14-16H2,1H3,(H,28,35)(H,29,36)(H,32,34). The lowest BCUT2D eigenvalue weighted by Crippen LogP contribution is -2.52. The molecular weight excluding hydrogens is 987 g/mol. The van der Waals surface area contributed by atoms with E-state index < -0.39 is 11.8 Å². The van der Waals surface area contributed by atoms with Gasteiger partial charge in [-0.05, 0) is 129 Å². The van der Waals surface area contributed by atoms with Crippen molar-refractivity contribution in [3.05, 3.63) is 107 Å². The van der Waals surface area contributed by atoms with Crippen LogP contribution in [0.3, 0.4) is 0 Å². The average molecular weight is 1050 g/mol. The van der Waals surface area contributed by atoms with Crippen LogP contribution in [-0.4, -0.2) is 104 Å². The first-order chi connectivity index (χ1) is 37.1. The number of fused-ring (bicyclic) bond motifs is 10. The molecule has 400 valence electrons. The largest absolute Gasteiger partial charge is 0.482 e. The average Bonchev–Trinajstić information content (AvgIpc) is 4.19. The van der Waals surface area contributed by atoms with Crippen molar-refractivity contribution in [3.8, 4) is 11.5 Å². The molecule has 2 aromatic carbocycles. The quantitative estimate of drug-likeness (QED) is 0.0813. The molecule has 4 bridgehead atoms. The summed E-state index contributed by atoms with van der Waals surface area (Å²) in [6, 6.07) is 16.9. The lowest BCUT2D eigenvalue weighted by atomic mass is 9.53. The van der Waals surface area contributed by atoms with Crippen molar-refractivity contribution in [1.29, 1.82) is 0 Å². The highest BCUT2D eigenvalue weighted by Gasteiger charge is 2.52. The Bertz CT molecular complexity index is 3340. The van der Waals surface area contributed by atoms with Crippen molar-refractivity contribution in [1.82, 2.24) is 55.8 Å². The fourth-order valence-electron chi connectivity index (χ4n) is 12.0. The van der Waals surface area contributed by atoms with Crippen LogP contribution in [-0.2, 0) is 27.5 Å². The lowest BCUT2D eigenvalue weighted by Gasteiger charge is -2.52. The van der Waals surface area contributed by atoms with Gasteiger partial charge in [0.1, 0.15) is 34.3 Å². The number of ether oxygens (including phenoxy) is 2. The van der Waals surface area contributed by atoms with E-state index in [9.17, 15) is 33.6 Å². The van der Waals surface area contributed by atoms with Gasteiger partial charge in [-0.15, -0.1) is 0 Å². The van der Waals surface area contributed by atoms with Crippen molar-refractivity contribution in [2.45, 2.75) is 97.1 Å². The number of hydrogen-bond acceptors (Lipinski definition) is 13. The van der Waals surface area contributed by atoms with Crippen LogP contribution >= 0.6 is 0 Å². The SMILES string of the molecule is CC12CCC(CNC(=O)c3cc(C(=O)NCc4ccc5c(c4)NC(=O)CO5)nc4ccnn34)(CC1)CC2.CNC(=O)C12CCC(CNC(=O)c3cc(C(=O)NCc4ccc5c(c4)NC(=O)CO5)nc4ccnn34)(CC1)CC2. The number of carbonyl (C=O) groups excluding carboxylic acids is 7. The number of nitrogens with one attached hydrogen (secondary N) is 7. The zero-order valence-electron chi connectivity index (χ0n) is 43.0. The molecule has 22 nitrogen and oxygen atoms in total. The fraction of sp³-hybridized carbons (Fsp3) is 0.436. The summed E-state index contributed by atoms with van der Waals surface area (Å²) >= 11 is 0. The zero-order chi connectivity index (χ0) is 53.5.